The fourth-order valence-corrected chi connectivity index (χ4v) is 2.08. The lowest BCUT2D eigenvalue weighted by atomic mass is 10.1. The van der Waals surface area contributed by atoms with Gasteiger partial charge in [0.25, 0.3) is 0 Å². The van der Waals surface area contributed by atoms with Crippen molar-refractivity contribution < 1.29 is 19.4 Å². The van der Waals surface area contributed by atoms with Gasteiger partial charge in [0.2, 0.25) is 5.43 Å². The Morgan fingerprint density at radius 3 is 2.48 bits per heavy atom. The summed E-state index contributed by atoms with van der Waals surface area (Å²) in [5, 5.41) is 9.80. The Labute approximate surface area is 133 Å². The highest BCUT2D eigenvalue weighted by Gasteiger charge is 2.11. The summed E-state index contributed by atoms with van der Waals surface area (Å²) in [6.45, 7) is 0. The van der Waals surface area contributed by atoms with Gasteiger partial charge in [0.05, 0.1) is 19.8 Å². The molecule has 0 radical (unpaired) electrons. The number of allylic oxidation sites excluding steroid dienone is 1. The number of rotatable bonds is 5. The average molecular weight is 312 g/mol. The molecule has 0 fully saturated rings. The number of hydrogen-bond donors (Lipinski definition) is 1. The van der Waals surface area contributed by atoms with Crippen molar-refractivity contribution in [2.75, 3.05) is 14.2 Å². The minimum absolute atomic E-state index is 0.0573. The largest absolute Gasteiger partial charge is 0.504 e. The maximum absolute atomic E-state index is 12.2. The first kappa shape index (κ1) is 16.3. The third-order valence-corrected chi connectivity index (χ3v) is 3.22. The number of methoxy groups -OCH3 is 2. The second-order valence-corrected chi connectivity index (χ2v) is 4.63. The van der Waals surface area contributed by atoms with E-state index in [9.17, 15) is 14.7 Å². The van der Waals surface area contributed by atoms with Crippen LogP contribution in [-0.4, -0.2) is 25.1 Å². The Kier molecular flexibility index (Phi) is 5.15. The van der Waals surface area contributed by atoms with E-state index in [-0.39, 0.29) is 5.56 Å². The standard InChI is InChI=1S/C18H16O5/c1-22-16-9-5-6-12(18(16)23-2)10-11-14(19)13-7-3-4-8-15(20)17(13)21/h3-11H,1-2H3,(H,20,21). The Morgan fingerprint density at radius 2 is 1.78 bits per heavy atom. The normalized spacial score (nSPS) is 10.5. The average Bonchev–Trinajstić information content (AvgIpc) is 2.74. The van der Waals surface area contributed by atoms with Gasteiger partial charge in [-0.25, -0.2) is 0 Å². The topological polar surface area (TPSA) is 72.8 Å². The molecule has 0 amide bonds. The number of aromatic hydroxyl groups is 1. The smallest absolute Gasteiger partial charge is 0.220 e. The predicted octanol–water partition coefficient (Wildman–Crippen LogP) is 2.67. The Balaban J connectivity index is 2.39. The maximum atomic E-state index is 12.2. The number of ketones is 1. The molecule has 5 heteroatoms. The SMILES string of the molecule is COc1cccc(C=CC(=O)c2ccccc(=O)c2O)c1OC. The highest BCUT2D eigenvalue weighted by Crippen LogP contribution is 2.31. The molecule has 0 unspecified atom stereocenters. The molecule has 1 N–H and O–H groups in total. The van der Waals surface area contributed by atoms with E-state index < -0.39 is 17.0 Å². The van der Waals surface area contributed by atoms with Crippen LogP contribution in [0.1, 0.15) is 15.9 Å². The summed E-state index contributed by atoms with van der Waals surface area (Å²) in [5.41, 5.74) is -0.0221. The van der Waals surface area contributed by atoms with Crippen LogP contribution in [-0.2, 0) is 0 Å². The molecule has 0 atom stereocenters. The fraction of sp³-hybridized carbons (Fsp3) is 0.111. The highest BCUT2D eigenvalue weighted by atomic mass is 16.5. The number of carbonyl (C=O) groups is 1. The zero-order valence-electron chi connectivity index (χ0n) is 12.8. The van der Waals surface area contributed by atoms with Gasteiger partial charge in [-0.3, -0.25) is 9.59 Å². The first-order chi connectivity index (χ1) is 11.1. The number of carbonyl (C=O) groups excluding carboxylic acids is 1. The van der Waals surface area contributed by atoms with Gasteiger partial charge < -0.3 is 14.6 Å². The van der Waals surface area contributed by atoms with Crippen molar-refractivity contribution >= 4 is 11.9 Å². The predicted molar refractivity (Wildman–Crippen MR) is 87.3 cm³/mol. The minimum Gasteiger partial charge on any atom is -0.504 e. The van der Waals surface area contributed by atoms with Crippen molar-refractivity contribution in [1.29, 1.82) is 0 Å². The zero-order valence-corrected chi connectivity index (χ0v) is 12.8. The lowest BCUT2D eigenvalue weighted by molar-refractivity contribution is 0.104. The quantitative estimate of drug-likeness (QED) is 0.679. The highest BCUT2D eigenvalue weighted by molar-refractivity contribution is 6.08. The molecular formula is C18H16O5. The van der Waals surface area contributed by atoms with Crippen LogP contribution in [0, 0.1) is 0 Å². The molecule has 0 aliphatic heterocycles. The maximum Gasteiger partial charge on any atom is 0.220 e. The summed E-state index contributed by atoms with van der Waals surface area (Å²) in [4.78, 5) is 23.8. The molecule has 0 heterocycles. The molecular weight excluding hydrogens is 296 g/mol. The molecule has 0 saturated carbocycles. The van der Waals surface area contributed by atoms with Gasteiger partial charge in [0.15, 0.2) is 23.0 Å². The van der Waals surface area contributed by atoms with E-state index in [0.29, 0.717) is 17.1 Å². The molecule has 0 spiro atoms. The van der Waals surface area contributed by atoms with Crippen molar-refractivity contribution in [2.24, 2.45) is 0 Å². The van der Waals surface area contributed by atoms with Crippen LogP contribution in [0.25, 0.3) is 6.08 Å². The van der Waals surface area contributed by atoms with E-state index in [0.717, 1.165) is 0 Å². The lowest BCUT2D eigenvalue weighted by Crippen LogP contribution is -2.01. The van der Waals surface area contributed by atoms with Crippen LogP contribution in [0.15, 0.2) is 53.3 Å². The molecule has 0 aliphatic rings. The number of ether oxygens (including phenoxy) is 2. The van der Waals surface area contributed by atoms with E-state index in [2.05, 4.69) is 0 Å². The second kappa shape index (κ2) is 7.26. The summed E-state index contributed by atoms with van der Waals surface area (Å²) in [7, 11) is 3.03. The molecule has 2 aromatic rings. The van der Waals surface area contributed by atoms with Gasteiger partial charge in [-0.05, 0) is 30.4 Å². The Morgan fingerprint density at radius 1 is 1.04 bits per heavy atom. The molecule has 0 saturated heterocycles. The summed E-state index contributed by atoms with van der Waals surface area (Å²) >= 11 is 0. The van der Waals surface area contributed by atoms with Crippen LogP contribution in [0.5, 0.6) is 17.2 Å². The number of para-hydroxylation sites is 1. The molecule has 0 aromatic heterocycles. The second-order valence-electron chi connectivity index (χ2n) is 4.63. The van der Waals surface area contributed by atoms with E-state index in [1.54, 1.807) is 24.3 Å². The first-order valence-electron chi connectivity index (χ1n) is 6.84. The summed E-state index contributed by atoms with van der Waals surface area (Å²) in [6, 6.07) is 10.8. The lowest BCUT2D eigenvalue weighted by Gasteiger charge is -2.09. The van der Waals surface area contributed by atoms with Crippen LogP contribution in [0.2, 0.25) is 0 Å². The monoisotopic (exact) mass is 312 g/mol. The summed E-state index contributed by atoms with van der Waals surface area (Å²) in [6.07, 6.45) is 2.81. The summed E-state index contributed by atoms with van der Waals surface area (Å²) < 4.78 is 10.5. The van der Waals surface area contributed by atoms with Gasteiger partial charge in [0.1, 0.15) is 0 Å². The van der Waals surface area contributed by atoms with Crippen molar-refractivity contribution in [1.82, 2.24) is 0 Å². The van der Waals surface area contributed by atoms with Crippen molar-refractivity contribution in [3.8, 4) is 17.2 Å². The van der Waals surface area contributed by atoms with Gasteiger partial charge in [-0.2, -0.15) is 0 Å². The molecule has 2 rings (SSSR count). The van der Waals surface area contributed by atoms with Gasteiger partial charge in [-0.1, -0.05) is 24.3 Å². The first-order valence-corrected chi connectivity index (χ1v) is 6.84. The molecule has 0 aliphatic carbocycles. The molecule has 0 bridgehead atoms. The zero-order chi connectivity index (χ0) is 16.8. The fourth-order valence-electron chi connectivity index (χ4n) is 2.08. The van der Waals surface area contributed by atoms with E-state index >= 15 is 0 Å². The third-order valence-electron chi connectivity index (χ3n) is 3.22. The minimum atomic E-state index is -0.606. The molecule has 5 nitrogen and oxygen atoms in total. The van der Waals surface area contributed by atoms with Crippen LogP contribution < -0.4 is 14.9 Å². The van der Waals surface area contributed by atoms with Crippen molar-refractivity contribution in [2.45, 2.75) is 0 Å². The summed E-state index contributed by atoms with van der Waals surface area (Å²) in [5.74, 6) is -0.0211. The van der Waals surface area contributed by atoms with E-state index in [1.165, 1.54) is 44.6 Å². The van der Waals surface area contributed by atoms with Crippen LogP contribution in [0.4, 0.5) is 0 Å². The molecule has 118 valence electrons. The number of hydrogen-bond acceptors (Lipinski definition) is 5. The van der Waals surface area contributed by atoms with Gasteiger partial charge in [0, 0.05) is 5.56 Å². The van der Waals surface area contributed by atoms with Gasteiger partial charge in [-0.15, -0.1) is 0 Å². The Bertz CT molecular complexity index is 809. The van der Waals surface area contributed by atoms with E-state index in [4.69, 9.17) is 9.47 Å². The van der Waals surface area contributed by atoms with Crippen LogP contribution in [0.3, 0.4) is 0 Å². The van der Waals surface area contributed by atoms with E-state index in [1.807, 2.05) is 0 Å². The van der Waals surface area contributed by atoms with Gasteiger partial charge >= 0.3 is 0 Å². The van der Waals surface area contributed by atoms with Crippen molar-refractivity contribution in [3.63, 3.8) is 0 Å². The third kappa shape index (κ3) is 3.58. The van der Waals surface area contributed by atoms with Crippen LogP contribution >= 0.6 is 0 Å². The number of benzene rings is 1. The molecule has 2 aromatic carbocycles. The molecule has 23 heavy (non-hydrogen) atoms. The Hall–Kier alpha value is -3.08. The van der Waals surface area contributed by atoms with Crippen molar-refractivity contribution in [3.05, 3.63) is 69.9 Å².